The summed E-state index contributed by atoms with van der Waals surface area (Å²) >= 11 is 0. The molecule has 0 heterocycles. The third kappa shape index (κ3) is 7.84. The molecule has 28 heavy (non-hydrogen) atoms. The molecule has 5 unspecified atom stereocenters. The maximum absolute atomic E-state index is 12.8. The normalized spacial score (nSPS) is 16.4. The summed E-state index contributed by atoms with van der Waals surface area (Å²) in [5.41, 5.74) is 5.33. The lowest BCUT2D eigenvalue weighted by Gasteiger charge is -2.30. The van der Waals surface area contributed by atoms with Gasteiger partial charge < -0.3 is 26.8 Å². The molecular weight excluding hydrogens is 364 g/mol. The number of carboxylic acids is 1. The number of hydrogen-bond acceptors (Lipinski definition) is 5. The predicted octanol–water partition coefficient (Wildman–Crippen LogP) is 0.232. The van der Waals surface area contributed by atoms with Crippen LogP contribution in [-0.4, -0.2) is 53.5 Å². The van der Waals surface area contributed by atoms with Gasteiger partial charge in [0.05, 0.1) is 6.54 Å². The van der Waals surface area contributed by atoms with E-state index >= 15 is 0 Å². The summed E-state index contributed by atoms with van der Waals surface area (Å²) in [4.78, 5) is 48.6. The highest BCUT2D eigenvalue weighted by atomic mass is 16.4. The van der Waals surface area contributed by atoms with Crippen LogP contribution in [0.2, 0.25) is 0 Å². The van der Waals surface area contributed by atoms with Gasteiger partial charge in [0.25, 0.3) is 0 Å². The lowest BCUT2D eigenvalue weighted by Crippen LogP contribution is -2.59. The molecule has 0 fully saturated rings. The molecule has 3 amide bonds. The fraction of sp³-hybridized carbons (Fsp3) is 0.789. The highest BCUT2D eigenvalue weighted by Gasteiger charge is 2.34. The number of carbonyl (C=O) groups is 4. The van der Waals surface area contributed by atoms with Crippen LogP contribution in [0.5, 0.6) is 0 Å². The van der Waals surface area contributed by atoms with Crippen LogP contribution in [0.3, 0.4) is 0 Å². The van der Waals surface area contributed by atoms with E-state index in [2.05, 4.69) is 16.0 Å². The summed E-state index contributed by atoms with van der Waals surface area (Å²) in [5, 5.41) is 17.1. The van der Waals surface area contributed by atoms with Crippen LogP contribution in [0.15, 0.2) is 0 Å². The Morgan fingerprint density at radius 3 is 1.50 bits per heavy atom. The van der Waals surface area contributed by atoms with Crippen LogP contribution in [-0.2, 0) is 19.2 Å². The van der Waals surface area contributed by atoms with Crippen LogP contribution >= 0.6 is 0 Å². The Labute approximate surface area is 167 Å². The molecule has 0 spiro atoms. The van der Waals surface area contributed by atoms with E-state index < -0.39 is 41.8 Å². The maximum atomic E-state index is 12.8. The monoisotopic (exact) mass is 400 g/mol. The third-order valence-electron chi connectivity index (χ3n) is 5.02. The first-order chi connectivity index (χ1) is 13.0. The second kappa shape index (κ2) is 12.3. The number of hydrogen-bond donors (Lipinski definition) is 5. The first kappa shape index (κ1) is 25.8. The van der Waals surface area contributed by atoms with Gasteiger partial charge in [-0.1, -0.05) is 54.4 Å². The van der Waals surface area contributed by atoms with Crippen LogP contribution in [0.1, 0.15) is 54.4 Å². The van der Waals surface area contributed by atoms with Gasteiger partial charge >= 0.3 is 5.97 Å². The molecule has 0 aromatic carbocycles. The van der Waals surface area contributed by atoms with E-state index in [0.29, 0.717) is 12.8 Å². The van der Waals surface area contributed by atoms with E-state index in [-0.39, 0.29) is 24.3 Å². The molecule has 0 aliphatic rings. The first-order valence-electron chi connectivity index (χ1n) is 9.82. The van der Waals surface area contributed by atoms with Gasteiger partial charge in [-0.2, -0.15) is 0 Å². The minimum Gasteiger partial charge on any atom is -0.480 e. The average molecular weight is 401 g/mol. The fourth-order valence-electron chi connectivity index (χ4n) is 2.64. The number of nitrogens with one attached hydrogen (secondary N) is 3. The number of carbonyl (C=O) groups excluding carboxylic acids is 3. The van der Waals surface area contributed by atoms with Crippen molar-refractivity contribution in [3.05, 3.63) is 0 Å². The molecule has 9 heteroatoms. The van der Waals surface area contributed by atoms with E-state index in [1.54, 1.807) is 20.8 Å². The average Bonchev–Trinajstić information content (AvgIpc) is 2.65. The van der Waals surface area contributed by atoms with Gasteiger partial charge in [0.15, 0.2) is 0 Å². The Hall–Kier alpha value is -2.16. The molecule has 0 aliphatic carbocycles. The topological polar surface area (TPSA) is 151 Å². The van der Waals surface area contributed by atoms with E-state index in [1.807, 2.05) is 20.8 Å². The molecule has 9 nitrogen and oxygen atoms in total. The number of carboxylic acid groups (broad SMARTS) is 1. The third-order valence-corrected chi connectivity index (χ3v) is 5.02. The van der Waals surface area contributed by atoms with Crippen molar-refractivity contribution in [3.63, 3.8) is 0 Å². The van der Waals surface area contributed by atoms with Crippen molar-refractivity contribution >= 4 is 23.7 Å². The van der Waals surface area contributed by atoms with Gasteiger partial charge in [0, 0.05) is 0 Å². The van der Waals surface area contributed by atoms with Gasteiger partial charge in [-0.25, -0.2) is 4.79 Å². The van der Waals surface area contributed by atoms with Crippen molar-refractivity contribution in [3.8, 4) is 0 Å². The number of amides is 3. The van der Waals surface area contributed by atoms with Gasteiger partial charge in [-0.3, -0.25) is 14.4 Å². The lowest BCUT2D eigenvalue weighted by atomic mass is 9.94. The zero-order valence-corrected chi connectivity index (χ0v) is 17.7. The highest BCUT2D eigenvalue weighted by Crippen LogP contribution is 2.13. The molecule has 0 aromatic rings. The molecule has 0 radical (unpaired) electrons. The Morgan fingerprint density at radius 1 is 0.786 bits per heavy atom. The van der Waals surface area contributed by atoms with Crippen molar-refractivity contribution in [1.29, 1.82) is 0 Å². The zero-order chi connectivity index (χ0) is 22.0. The van der Waals surface area contributed by atoms with E-state index in [4.69, 9.17) is 5.73 Å². The van der Waals surface area contributed by atoms with Gasteiger partial charge in [0.1, 0.15) is 18.1 Å². The van der Waals surface area contributed by atoms with Gasteiger partial charge in [0.2, 0.25) is 17.7 Å². The summed E-state index contributed by atoms with van der Waals surface area (Å²) in [5.74, 6) is -3.36. The fourth-order valence-corrected chi connectivity index (χ4v) is 2.64. The second-order valence-electron chi connectivity index (χ2n) is 7.58. The van der Waals surface area contributed by atoms with Crippen LogP contribution in [0.25, 0.3) is 0 Å². The summed E-state index contributed by atoms with van der Waals surface area (Å²) < 4.78 is 0. The molecule has 0 rings (SSSR count). The van der Waals surface area contributed by atoms with Crippen LogP contribution < -0.4 is 21.7 Å². The van der Waals surface area contributed by atoms with E-state index in [0.717, 1.165) is 0 Å². The molecule has 0 saturated heterocycles. The number of nitrogens with two attached hydrogens (primary N) is 1. The van der Waals surface area contributed by atoms with Crippen molar-refractivity contribution < 1.29 is 24.3 Å². The van der Waals surface area contributed by atoms with E-state index in [1.165, 1.54) is 0 Å². The number of rotatable bonds is 12. The molecular formula is C19H36N4O5. The minimum atomic E-state index is -1.13. The van der Waals surface area contributed by atoms with Gasteiger partial charge in [-0.05, 0) is 17.8 Å². The quantitative estimate of drug-likeness (QED) is 0.316. The SMILES string of the molecule is CCC(C)C(NC(=O)CN)C(=O)NC(C(=O)NC(C(=O)O)C(C)C)C(C)CC. The summed E-state index contributed by atoms with van der Waals surface area (Å²) in [6.45, 7) is 10.5. The van der Waals surface area contributed by atoms with Crippen molar-refractivity contribution in [1.82, 2.24) is 16.0 Å². The molecule has 0 saturated carbocycles. The Bertz CT molecular complexity index is 552. The summed E-state index contributed by atoms with van der Waals surface area (Å²) in [6, 6.07) is -2.81. The second-order valence-corrected chi connectivity index (χ2v) is 7.58. The largest absolute Gasteiger partial charge is 0.480 e. The molecule has 0 aliphatic heterocycles. The molecule has 162 valence electrons. The van der Waals surface area contributed by atoms with Crippen molar-refractivity contribution in [2.75, 3.05) is 6.54 Å². The first-order valence-corrected chi connectivity index (χ1v) is 9.82. The summed E-state index contributed by atoms with van der Waals surface area (Å²) in [7, 11) is 0. The summed E-state index contributed by atoms with van der Waals surface area (Å²) in [6.07, 6.45) is 1.23. The Kier molecular flexibility index (Phi) is 11.4. The maximum Gasteiger partial charge on any atom is 0.326 e. The molecule has 0 aromatic heterocycles. The molecule has 6 N–H and O–H groups in total. The van der Waals surface area contributed by atoms with E-state index in [9.17, 15) is 24.3 Å². The Morgan fingerprint density at radius 2 is 1.18 bits per heavy atom. The van der Waals surface area contributed by atoms with Crippen molar-refractivity contribution in [2.24, 2.45) is 23.5 Å². The van der Waals surface area contributed by atoms with Crippen LogP contribution in [0, 0.1) is 17.8 Å². The smallest absolute Gasteiger partial charge is 0.326 e. The highest BCUT2D eigenvalue weighted by molar-refractivity contribution is 5.93. The molecule has 5 atom stereocenters. The number of aliphatic carboxylic acids is 1. The predicted molar refractivity (Wildman–Crippen MR) is 106 cm³/mol. The minimum absolute atomic E-state index is 0.168. The molecule has 0 bridgehead atoms. The van der Waals surface area contributed by atoms with Crippen molar-refractivity contribution in [2.45, 2.75) is 72.5 Å². The standard InChI is InChI=1S/C19H36N4O5/c1-7-11(5)15(21-13(24)9-20)17(25)23-16(12(6)8-2)18(26)22-14(10(3)4)19(27)28/h10-12,14-16H,7-9,20H2,1-6H3,(H,21,24)(H,22,26)(H,23,25)(H,27,28). The van der Waals surface area contributed by atoms with Gasteiger partial charge in [-0.15, -0.1) is 0 Å². The Balaban J connectivity index is 5.49. The zero-order valence-electron chi connectivity index (χ0n) is 17.7. The lowest BCUT2D eigenvalue weighted by molar-refractivity contribution is -0.144. The van der Waals surface area contributed by atoms with Crippen LogP contribution in [0.4, 0.5) is 0 Å².